The molecule has 0 aliphatic heterocycles. The Hall–Kier alpha value is -1.70. The molecule has 2 heterocycles. The summed E-state index contributed by atoms with van der Waals surface area (Å²) in [6.07, 6.45) is -1.61. The van der Waals surface area contributed by atoms with E-state index in [0.717, 1.165) is 22.1 Å². The Balaban J connectivity index is 0.00000338. The van der Waals surface area contributed by atoms with Crippen LogP contribution in [0.15, 0.2) is 23.5 Å². The number of halogens is 4. The van der Waals surface area contributed by atoms with Crippen LogP contribution in [0.25, 0.3) is 0 Å². The second kappa shape index (κ2) is 10.4. The van der Waals surface area contributed by atoms with Gasteiger partial charge in [-0.1, -0.05) is 0 Å². The van der Waals surface area contributed by atoms with Crippen LogP contribution in [0.4, 0.5) is 19.1 Å². The van der Waals surface area contributed by atoms with Gasteiger partial charge in [0, 0.05) is 37.4 Å². The molecule has 12 heteroatoms. The first-order valence-electron chi connectivity index (χ1n) is 7.38. The third kappa shape index (κ3) is 7.27. The molecular formula is C14H19F3IN7S. The molecule has 0 unspecified atom stereocenters. The van der Waals surface area contributed by atoms with Crippen molar-refractivity contribution in [1.82, 2.24) is 25.6 Å². The van der Waals surface area contributed by atoms with Gasteiger partial charge in [0.2, 0.25) is 5.95 Å². The van der Waals surface area contributed by atoms with Crippen molar-refractivity contribution in [2.24, 2.45) is 4.99 Å². The SMILES string of the molecule is CN=C(NCCNc1nccc(C(F)(F)F)n1)NCc1ncc(C)s1.I. The van der Waals surface area contributed by atoms with E-state index < -0.39 is 11.9 Å². The van der Waals surface area contributed by atoms with Crippen molar-refractivity contribution in [2.45, 2.75) is 19.6 Å². The Morgan fingerprint density at radius 3 is 2.62 bits per heavy atom. The molecule has 26 heavy (non-hydrogen) atoms. The summed E-state index contributed by atoms with van der Waals surface area (Å²) in [4.78, 5) is 16.6. The number of rotatable bonds is 6. The molecule has 0 aliphatic rings. The van der Waals surface area contributed by atoms with E-state index in [1.54, 1.807) is 24.6 Å². The monoisotopic (exact) mass is 501 g/mol. The normalized spacial score (nSPS) is 11.7. The van der Waals surface area contributed by atoms with Gasteiger partial charge in [0.05, 0.1) is 6.54 Å². The van der Waals surface area contributed by atoms with Crippen molar-refractivity contribution in [2.75, 3.05) is 25.5 Å². The highest BCUT2D eigenvalue weighted by Gasteiger charge is 2.32. The van der Waals surface area contributed by atoms with Gasteiger partial charge in [0.25, 0.3) is 0 Å². The fourth-order valence-electron chi connectivity index (χ4n) is 1.82. The fraction of sp³-hybridized carbons (Fsp3) is 0.429. The number of nitrogens with zero attached hydrogens (tertiary/aromatic N) is 4. The van der Waals surface area contributed by atoms with Crippen molar-refractivity contribution in [3.63, 3.8) is 0 Å². The van der Waals surface area contributed by atoms with Gasteiger partial charge in [0.15, 0.2) is 5.96 Å². The third-order valence-electron chi connectivity index (χ3n) is 2.95. The predicted molar refractivity (Wildman–Crippen MR) is 106 cm³/mol. The van der Waals surface area contributed by atoms with Crippen LogP contribution in [0.5, 0.6) is 0 Å². The lowest BCUT2D eigenvalue weighted by Gasteiger charge is -2.12. The molecule has 144 valence electrons. The van der Waals surface area contributed by atoms with E-state index in [1.807, 2.05) is 6.92 Å². The Morgan fingerprint density at radius 1 is 1.23 bits per heavy atom. The second-order valence-corrected chi connectivity index (χ2v) is 6.23. The van der Waals surface area contributed by atoms with Gasteiger partial charge in [-0.2, -0.15) is 13.2 Å². The quantitative estimate of drug-likeness (QED) is 0.244. The number of aliphatic imine (C=N–C) groups is 1. The van der Waals surface area contributed by atoms with E-state index in [2.05, 4.69) is 35.9 Å². The first-order valence-corrected chi connectivity index (χ1v) is 8.20. The molecular weight excluding hydrogens is 482 g/mol. The molecule has 2 aromatic heterocycles. The van der Waals surface area contributed by atoms with Crippen LogP contribution < -0.4 is 16.0 Å². The maximum absolute atomic E-state index is 12.6. The Morgan fingerprint density at radius 2 is 2.00 bits per heavy atom. The van der Waals surface area contributed by atoms with E-state index in [9.17, 15) is 13.2 Å². The molecule has 0 amide bonds. The van der Waals surface area contributed by atoms with Gasteiger partial charge in [-0.05, 0) is 13.0 Å². The minimum atomic E-state index is -4.49. The average Bonchev–Trinajstić information content (AvgIpc) is 2.99. The second-order valence-electron chi connectivity index (χ2n) is 4.91. The largest absolute Gasteiger partial charge is 0.433 e. The molecule has 0 radical (unpaired) electrons. The molecule has 0 aromatic carbocycles. The third-order valence-corrected chi connectivity index (χ3v) is 3.86. The molecule has 2 aromatic rings. The molecule has 3 N–H and O–H groups in total. The van der Waals surface area contributed by atoms with Gasteiger partial charge >= 0.3 is 6.18 Å². The number of guanidine groups is 1. The van der Waals surface area contributed by atoms with E-state index in [-0.39, 0.29) is 29.9 Å². The molecule has 0 bridgehead atoms. The van der Waals surface area contributed by atoms with Gasteiger partial charge in [0.1, 0.15) is 10.7 Å². The molecule has 0 fully saturated rings. The van der Waals surface area contributed by atoms with Crippen molar-refractivity contribution < 1.29 is 13.2 Å². The molecule has 0 spiro atoms. The van der Waals surface area contributed by atoms with Crippen molar-refractivity contribution in [3.8, 4) is 0 Å². The lowest BCUT2D eigenvalue weighted by molar-refractivity contribution is -0.141. The average molecular weight is 501 g/mol. The standard InChI is InChI=1S/C14H18F3N7S.HI/c1-9-7-22-11(25-9)8-23-12(18-2)20-5-6-21-13-19-4-3-10(24-13)14(15,16)17;/h3-4,7H,5-6,8H2,1-2H3,(H2,18,20,23)(H,19,21,24);1H. The Bertz CT molecular complexity index is 721. The topological polar surface area (TPSA) is 87.1 Å². The van der Waals surface area contributed by atoms with Crippen LogP contribution in [-0.2, 0) is 12.7 Å². The lowest BCUT2D eigenvalue weighted by Crippen LogP contribution is -2.39. The van der Waals surface area contributed by atoms with E-state index in [1.165, 1.54) is 0 Å². The number of aryl methyl sites for hydroxylation is 1. The zero-order valence-electron chi connectivity index (χ0n) is 14.1. The number of nitrogens with one attached hydrogen (secondary N) is 3. The first kappa shape index (κ1) is 22.3. The number of thiazole rings is 1. The number of aromatic nitrogens is 3. The summed E-state index contributed by atoms with van der Waals surface area (Å²) >= 11 is 1.59. The van der Waals surface area contributed by atoms with Gasteiger partial charge in [-0.25, -0.2) is 15.0 Å². The van der Waals surface area contributed by atoms with Crippen molar-refractivity contribution in [3.05, 3.63) is 34.0 Å². The number of hydrogen-bond donors (Lipinski definition) is 3. The Labute approximate surface area is 170 Å². The minimum absolute atomic E-state index is 0. The van der Waals surface area contributed by atoms with Crippen LogP contribution in [0, 0.1) is 6.92 Å². The highest BCUT2D eigenvalue weighted by molar-refractivity contribution is 14.0. The van der Waals surface area contributed by atoms with E-state index in [4.69, 9.17) is 0 Å². The summed E-state index contributed by atoms with van der Waals surface area (Å²) in [5.41, 5.74) is -0.978. The van der Waals surface area contributed by atoms with Crippen LogP contribution in [-0.4, -0.2) is 41.0 Å². The summed E-state index contributed by atoms with van der Waals surface area (Å²) in [7, 11) is 1.63. The minimum Gasteiger partial charge on any atom is -0.355 e. The smallest absolute Gasteiger partial charge is 0.355 e. The zero-order valence-corrected chi connectivity index (χ0v) is 17.2. The zero-order chi connectivity index (χ0) is 18.3. The van der Waals surface area contributed by atoms with E-state index in [0.29, 0.717) is 25.6 Å². The van der Waals surface area contributed by atoms with Gasteiger partial charge < -0.3 is 16.0 Å². The summed E-state index contributed by atoms with van der Waals surface area (Å²) < 4.78 is 37.7. The molecule has 2 rings (SSSR count). The van der Waals surface area contributed by atoms with Crippen LogP contribution >= 0.6 is 35.3 Å². The lowest BCUT2D eigenvalue weighted by atomic mass is 10.4. The first-order chi connectivity index (χ1) is 11.9. The molecule has 7 nitrogen and oxygen atoms in total. The Kier molecular flexibility index (Phi) is 8.98. The number of alkyl halides is 3. The maximum atomic E-state index is 12.6. The number of anilines is 1. The van der Waals surface area contributed by atoms with Gasteiger partial charge in [-0.3, -0.25) is 4.99 Å². The predicted octanol–water partition coefficient (Wildman–Crippen LogP) is 2.66. The molecule has 0 saturated heterocycles. The van der Waals surface area contributed by atoms with Crippen LogP contribution in [0.1, 0.15) is 15.6 Å². The van der Waals surface area contributed by atoms with Gasteiger partial charge in [-0.15, -0.1) is 35.3 Å². The highest BCUT2D eigenvalue weighted by atomic mass is 127. The van der Waals surface area contributed by atoms with Crippen LogP contribution in [0.2, 0.25) is 0 Å². The summed E-state index contributed by atoms with van der Waals surface area (Å²) in [5, 5.41) is 9.82. The maximum Gasteiger partial charge on any atom is 0.433 e. The molecule has 0 atom stereocenters. The van der Waals surface area contributed by atoms with Crippen molar-refractivity contribution >= 4 is 47.2 Å². The number of hydrogen-bond acceptors (Lipinski definition) is 6. The summed E-state index contributed by atoms with van der Waals surface area (Å²) in [6, 6.07) is 0.829. The van der Waals surface area contributed by atoms with E-state index >= 15 is 0 Å². The van der Waals surface area contributed by atoms with Crippen LogP contribution in [0.3, 0.4) is 0 Å². The van der Waals surface area contributed by atoms with Crippen molar-refractivity contribution in [1.29, 1.82) is 0 Å². The molecule has 0 aliphatic carbocycles. The highest BCUT2D eigenvalue weighted by Crippen LogP contribution is 2.27. The fourth-order valence-corrected chi connectivity index (χ4v) is 2.55. The molecule has 0 saturated carbocycles. The summed E-state index contributed by atoms with van der Waals surface area (Å²) in [6.45, 7) is 3.28. The summed E-state index contributed by atoms with van der Waals surface area (Å²) in [5.74, 6) is 0.498.